The van der Waals surface area contributed by atoms with E-state index in [1.807, 2.05) is 4.90 Å². The number of ether oxygens (including phenoxy) is 1. The lowest BCUT2D eigenvalue weighted by Gasteiger charge is -2.35. The number of likely N-dealkylation sites (tertiary alicyclic amines) is 1. The molecule has 214 valence electrons. The zero-order valence-electron chi connectivity index (χ0n) is 23.2. The van der Waals surface area contributed by atoms with Gasteiger partial charge in [-0.25, -0.2) is 19.2 Å². The molecule has 3 aliphatic rings. The second kappa shape index (κ2) is 11.7. The highest BCUT2D eigenvalue weighted by Gasteiger charge is 2.36. The zero-order valence-corrected chi connectivity index (χ0v) is 23.2. The number of piperidine rings is 1. The smallest absolute Gasteiger partial charge is 0.319 e. The number of anilines is 2. The Morgan fingerprint density at radius 1 is 1.10 bits per heavy atom. The summed E-state index contributed by atoms with van der Waals surface area (Å²) in [5.41, 5.74) is 2.19. The summed E-state index contributed by atoms with van der Waals surface area (Å²) in [5.74, 6) is 0.471. The quantitative estimate of drug-likeness (QED) is 0.584. The maximum Gasteiger partial charge on any atom is 0.319 e. The molecule has 1 aromatic heterocycles. The van der Waals surface area contributed by atoms with Gasteiger partial charge in [-0.2, -0.15) is 0 Å². The predicted octanol–water partition coefficient (Wildman–Crippen LogP) is 2.75. The summed E-state index contributed by atoms with van der Waals surface area (Å²) in [6.45, 7) is 9.52. The number of aromatic nitrogens is 2. The van der Waals surface area contributed by atoms with Gasteiger partial charge in [-0.3, -0.25) is 9.59 Å². The van der Waals surface area contributed by atoms with E-state index in [0.717, 1.165) is 17.1 Å². The minimum Gasteiger partial charge on any atom is -0.377 e. The molecule has 3 aliphatic heterocycles. The van der Waals surface area contributed by atoms with Crippen LogP contribution in [0, 0.1) is 11.7 Å². The Labute approximate surface area is 233 Å². The first-order valence-corrected chi connectivity index (χ1v) is 13.9. The van der Waals surface area contributed by atoms with Crippen LogP contribution in [0.15, 0.2) is 18.2 Å². The molecule has 0 aliphatic carbocycles. The van der Waals surface area contributed by atoms with Crippen LogP contribution in [-0.2, 0) is 27.4 Å². The monoisotopic (exact) mass is 553 g/mol. The van der Waals surface area contributed by atoms with Crippen molar-refractivity contribution in [3.8, 4) is 11.4 Å². The van der Waals surface area contributed by atoms with Crippen LogP contribution in [0.5, 0.6) is 0 Å². The zero-order chi connectivity index (χ0) is 28.4. The number of rotatable bonds is 5. The van der Waals surface area contributed by atoms with E-state index in [2.05, 4.69) is 22.5 Å². The van der Waals surface area contributed by atoms with Crippen molar-refractivity contribution < 1.29 is 23.5 Å². The van der Waals surface area contributed by atoms with E-state index < -0.39 is 11.8 Å². The van der Waals surface area contributed by atoms with Crippen molar-refractivity contribution in [1.29, 1.82) is 0 Å². The van der Waals surface area contributed by atoms with Crippen LogP contribution < -0.4 is 15.5 Å². The fraction of sp³-hybridized carbons (Fsp3) is 0.536. The molecule has 0 spiro atoms. The Bertz CT molecular complexity index is 1300. The van der Waals surface area contributed by atoms with E-state index in [1.54, 1.807) is 24.8 Å². The number of hydrogen-bond acceptors (Lipinski definition) is 7. The number of urea groups is 1. The third-order valence-electron chi connectivity index (χ3n) is 7.81. The van der Waals surface area contributed by atoms with E-state index >= 15 is 0 Å². The van der Waals surface area contributed by atoms with Crippen LogP contribution >= 0.6 is 0 Å². The van der Waals surface area contributed by atoms with Crippen molar-refractivity contribution in [2.75, 3.05) is 49.6 Å². The summed E-state index contributed by atoms with van der Waals surface area (Å²) in [5, 5.41) is 5.09. The Kier molecular flexibility index (Phi) is 8.15. The van der Waals surface area contributed by atoms with Gasteiger partial charge in [-0.1, -0.05) is 0 Å². The normalized spacial score (nSPS) is 19.4. The molecule has 1 aromatic carbocycles. The minimum absolute atomic E-state index is 0.0380. The van der Waals surface area contributed by atoms with Gasteiger partial charge in [-0.05, 0) is 44.9 Å². The standard InChI is InChI=1S/C28H36FN7O4/c1-4-30-28(39)32-23-6-5-20(13-22(23)29)25-31-24-15-35(27(38)19-7-9-34(10-8-19)18(3)37)14-21(24)26(33-25)36-11-12-40-16-17(36)2/h5-6,13,17,19H,4,7-12,14-16H2,1-3H3,(H2,30,32,39)/t17-/m0/s1. The first-order chi connectivity index (χ1) is 19.2. The number of halogens is 1. The lowest BCUT2D eigenvalue weighted by Crippen LogP contribution is -2.45. The average Bonchev–Trinajstić information content (AvgIpc) is 3.38. The summed E-state index contributed by atoms with van der Waals surface area (Å²) in [7, 11) is 0. The van der Waals surface area contributed by atoms with Gasteiger partial charge < -0.3 is 30.1 Å². The van der Waals surface area contributed by atoms with Crippen molar-refractivity contribution in [2.45, 2.75) is 52.7 Å². The van der Waals surface area contributed by atoms with E-state index in [9.17, 15) is 18.8 Å². The molecule has 1 atom stereocenters. The van der Waals surface area contributed by atoms with E-state index in [-0.39, 0.29) is 29.5 Å². The lowest BCUT2D eigenvalue weighted by atomic mass is 9.95. The van der Waals surface area contributed by atoms with E-state index in [1.165, 1.54) is 12.1 Å². The Hall–Kier alpha value is -3.80. The van der Waals surface area contributed by atoms with Crippen LogP contribution in [0.25, 0.3) is 11.4 Å². The fourth-order valence-corrected chi connectivity index (χ4v) is 5.58. The number of hydrogen-bond donors (Lipinski definition) is 2. The SMILES string of the molecule is CCNC(=O)Nc1ccc(-c2nc3c(c(N4CCOC[C@@H]4C)n2)CN(C(=O)C2CCN(C(C)=O)CC2)C3)cc1F. The summed E-state index contributed by atoms with van der Waals surface area (Å²) in [4.78, 5) is 52.6. The molecule has 2 saturated heterocycles. The first kappa shape index (κ1) is 27.8. The second-order valence-corrected chi connectivity index (χ2v) is 10.6. The van der Waals surface area contributed by atoms with E-state index in [4.69, 9.17) is 14.7 Å². The highest BCUT2D eigenvalue weighted by molar-refractivity contribution is 5.89. The summed E-state index contributed by atoms with van der Waals surface area (Å²) >= 11 is 0. The van der Waals surface area contributed by atoms with Crippen LogP contribution in [0.1, 0.15) is 44.9 Å². The van der Waals surface area contributed by atoms with Gasteiger partial charge in [0.25, 0.3) is 0 Å². The van der Waals surface area contributed by atoms with Crippen molar-refractivity contribution >= 4 is 29.4 Å². The van der Waals surface area contributed by atoms with Crippen LogP contribution in [0.2, 0.25) is 0 Å². The topological polar surface area (TPSA) is 120 Å². The molecule has 5 rings (SSSR count). The summed E-state index contributed by atoms with van der Waals surface area (Å²) in [6.07, 6.45) is 1.29. The van der Waals surface area contributed by atoms with Gasteiger partial charge in [0.1, 0.15) is 11.6 Å². The molecular weight excluding hydrogens is 517 g/mol. The Morgan fingerprint density at radius 2 is 1.88 bits per heavy atom. The number of carbonyl (C=O) groups excluding carboxylic acids is 3. The van der Waals surface area contributed by atoms with Crippen molar-refractivity contribution in [2.24, 2.45) is 5.92 Å². The first-order valence-electron chi connectivity index (χ1n) is 13.9. The summed E-state index contributed by atoms with van der Waals surface area (Å²) < 4.78 is 20.6. The molecule has 4 heterocycles. The minimum atomic E-state index is -0.595. The number of benzene rings is 1. The number of amides is 4. The lowest BCUT2D eigenvalue weighted by molar-refractivity contribution is -0.140. The van der Waals surface area contributed by atoms with Crippen LogP contribution in [0.3, 0.4) is 0 Å². The maximum atomic E-state index is 15.0. The number of nitrogens with zero attached hydrogens (tertiary/aromatic N) is 5. The molecular formula is C28H36FN7O4. The fourth-order valence-electron chi connectivity index (χ4n) is 5.58. The molecule has 12 heteroatoms. The maximum absolute atomic E-state index is 15.0. The van der Waals surface area contributed by atoms with Gasteiger partial charge in [0.05, 0.1) is 43.7 Å². The van der Waals surface area contributed by atoms with Gasteiger partial charge in [-0.15, -0.1) is 0 Å². The highest BCUT2D eigenvalue weighted by atomic mass is 19.1. The largest absolute Gasteiger partial charge is 0.377 e. The highest BCUT2D eigenvalue weighted by Crippen LogP contribution is 2.35. The Morgan fingerprint density at radius 3 is 2.55 bits per heavy atom. The predicted molar refractivity (Wildman–Crippen MR) is 147 cm³/mol. The van der Waals surface area contributed by atoms with Gasteiger partial charge in [0.15, 0.2) is 5.82 Å². The van der Waals surface area contributed by atoms with Crippen molar-refractivity contribution in [1.82, 2.24) is 25.1 Å². The molecule has 0 unspecified atom stereocenters. The number of nitrogens with one attached hydrogen (secondary N) is 2. The molecule has 2 fully saturated rings. The van der Waals surface area contributed by atoms with Crippen molar-refractivity contribution in [3.05, 3.63) is 35.3 Å². The van der Waals surface area contributed by atoms with Crippen LogP contribution in [0.4, 0.5) is 20.7 Å². The molecule has 2 N–H and O–H groups in total. The van der Waals surface area contributed by atoms with Crippen molar-refractivity contribution in [3.63, 3.8) is 0 Å². The third kappa shape index (κ3) is 5.72. The average molecular weight is 554 g/mol. The van der Waals surface area contributed by atoms with Gasteiger partial charge >= 0.3 is 6.03 Å². The molecule has 0 radical (unpaired) electrons. The molecule has 2 aromatic rings. The molecule has 0 bridgehead atoms. The summed E-state index contributed by atoms with van der Waals surface area (Å²) in [6, 6.07) is 4.08. The van der Waals surface area contributed by atoms with Gasteiger partial charge in [0, 0.05) is 50.1 Å². The molecule has 0 saturated carbocycles. The Balaban J connectivity index is 1.42. The number of morpholine rings is 1. The number of carbonyl (C=O) groups is 3. The third-order valence-corrected chi connectivity index (χ3v) is 7.81. The molecule has 40 heavy (non-hydrogen) atoms. The molecule has 11 nitrogen and oxygen atoms in total. The van der Waals surface area contributed by atoms with Gasteiger partial charge in [0.2, 0.25) is 11.8 Å². The number of fused-ring (bicyclic) bond motifs is 1. The van der Waals surface area contributed by atoms with Crippen LogP contribution in [-0.4, -0.2) is 83.0 Å². The van der Waals surface area contributed by atoms with E-state index in [0.29, 0.717) is 76.7 Å². The molecule has 4 amide bonds. The second-order valence-electron chi connectivity index (χ2n) is 10.6.